The van der Waals surface area contributed by atoms with E-state index in [4.69, 9.17) is 4.74 Å². The van der Waals surface area contributed by atoms with E-state index in [0.717, 1.165) is 23.5 Å². The lowest BCUT2D eigenvalue weighted by Crippen LogP contribution is -2.03. The molecule has 19 heavy (non-hydrogen) atoms. The minimum absolute atomic E-state index is 0.276. The van der Waals surface area contributed by atoms with Crippen molar-refractivity contribution in [2.45, 2.75) is 13.1 Å². The van der Waals surface area contributed by atoms with Gasteiger partial charge in [-0.1, -0.05) is 0 Å². The molecule has 1 aliphatic heterocycles. The second kappa shape index (κ2) is 4.81. The molecule has 2 heterocycles. The van der Waals surface area contributed by atoms with Gasteiger partial charge in [-0.3, -0.25) is 0 Å². The van der Waals surface area contributed by atoms with E-state index in [1.54, 1.807) is 19.2 Å². The Hall–Kier alpha value is -2.21. The third-order valence-corrected chi connectivity index (χ3v) is 2.94. The number of fused-ring (bicyclic) bond motifs is 1. The largest absolute Gasteiger partial charge is 0.481 e. The van der Waals surface area contributed by atoms with E-state index in [-0.39, 0.29) is 5.82 Å². The summed E-state index contributed by atoms with van der Waals surface area (Å²) in [7, 11) is 1.59. The molecule has 0 saturated heterocycles. The number of aromatic nitrogens is 2. The van der Waals surface area contributed by atoms with Crippen LogP contribution in [0.1, 0.15) is 11.3 Å². The highest BCUT2D eigenvalue weighted by Crippen LogP contribution is 2.25. The van der Waals surface area contributed by atoms with Crippen molar-refractivity contribution < 1.29 is 9.13 Å². The van der Waals surface area contributed by atoms with Crippen molar-refractivity contribution in [2.24, 2.45) is 0 Å². The Morgan fingerprint density at radius 1 is 1.21 bits per heavy atom. The molecule has 5 nitrogen and oxygen atoms in total. The van der Waals surface area contributed by atoms with E-state index in [0.29, 0.717) is 18.4 Å². The van der Waals surface area contributed by atoms with Gasteiger partial charge in [-0.25, -0.2) is 9.37 Å². The fourth-order valence-corrected chi connectivity index (χ4v) is 2.02. The summed E-state index contributed by atoms with van der Waals surface area (Å²) in [6.07, 6.45) is 0. The van der Waals surface area contributed by atoms with Crippen LogP contribution in [0.25, 0.3) is 0 Å². The maximum absolute atomic E-state index is 12.8. The Kier molecular flexibility index (Phi) is 3.00. The molecule has 2 aromatic rings. The Labute approximate surface area is 109 Å². The number of hydrogen-bond acceptors (Lipinski definition) is 5. The zero-order valence-corrected chi connectivity index (χ0v) is 10.4. The molecule has 0 amide bonds. The molecular formula is C13H13FN4O. The molecule has 1 aliphatic rings. The third-order valence-electron chi connectivity index (χ3n) is 2.94. The molecule has 0 aliphatic carbocycles. The Morgan fingerprint density at radius 3 is 2.74 bits per heavy atom. The van der Waals surface area contributed by atoms with E-state index in [1.807, 2.05) is 0 Å². The highest BCUT2D eigenvalue weighted by molar-refractivity contribution is 5.54. The molecule has 0 radical (unpaired) electrons. The minimum Gasteiger partial charge on any atom is -0.481 e. The van der Waals surface area contributed by atoms with Crippen molar-refractivity contribution in [2.75, 3.05) is 12.4 Å². The number of hydrogen-bond donors (Lipinski definition) is 2. The summed E-state index contributed by atoms with van der Waals surface area (Å²) in [5.74, 6) is 0.743. The van der Waals surface area contributed by atoms with Gasteiger partial charge in [0.25, 0.3) is 0 Å². The van der Waals surface area contributed by atoms with Crippen LogP contribution in [0.2, 0.25) is 0 Å². The number of nitrogens with one attached hydrogen (secondary N) is 2. The summed E-state index contributed by atoms with van der Waals surface area (Å²) >= 11 is 0. The second-order valence-corrected chi connectivity index (χ2v) is 4.22. The van der Waals surface area contributed by atoms with Gasteiger partial charge in [-0.2, -0.15) is 4.98 Å². The van der Waals surface area contributed by atoms with Crippen molar-refractivity contribution in [3.05, 3.63) is 41.3 Å². The van der Waals surface area contributed by atoms with Crippen molar-refractivity contribution in [1.82, 2.24) is 15.3 Å². The average molecular weight is 260 g/mol. The van der Waals surface area contributed by atoms with Gasteiger partial charge in [-0.15, -0.1) is 0 Å². The summed E-state index contributed by atoms with van der Waals surface area (Å²) in [4.78, 5) is 8.72. The van der Waals surface area contributed by atoms with Crippen molar-refractivity contribution >= 4 is 11.6 Å². The van der Waals surface area contributed by atoms with Gasteiger partial charge in [0.05, 0.1) is 18.4 Å². The fourth-order valence-electron chi connectivity index (χ4n) is 2.02. The van der Waals surface area contributed by atoms with Crippen molar-refractivity contribution in [1.29, 1.82) is 0 Å². The number of rotatable bonds is 3. The van der Waals surface area contributed by atoms with Gasteiger partial charge in [0.2, 0.25) is 11.8 Å². The molecule has 2 N–H and O–H groups in total. The van der Waals surface area contributed by atoms with Crippen LogP contribution in [0.3, 0.4) is 0 Å². The number of ether oxygens (including phenoxy) is 1. The quantitative estimate of drug-likeness (QED) is 0.883. The van der Waals surface area contributed by atoms with Crippen LogP contribution in [0.4, 0.5) is 16.0 Å². The summed E-state index contributed by atoms with van der Waals surface area (Å²) in [5.41, 5.74) is 2.65. The minimum atomic E-state index is -0.276. The second-order valence-electron chi connectivity index (χ2n) is 4.22. The van der Waals surface area contributed by atoms with Gasteiger partial charge in [0, 0.05) is 18.8 Å². The van der Waals surface area contributed by atoms with Crippen LogP contribution in [0, 0.1) is 5.82 Å². The highest BCUT2D eigenvalue weighted by atomic mass is 19.1. The molecule has 0 saturated carbocycles. The molecule has 3 rings (SSSR count). The number of nitrogens with zero attached hydrogens (tertiary/aromatic N) is 2. The Balaban J connectivity index is 1.91. The standard InChI is InChI=1S/C13H13FN4O/c1-19-12-10-6-15-7-11(10)17-13(18-12)16-9-4-2-8(14)3-5-9/h2-5,15H,6-7H2,1H3,(H,16,17,18). The van der Waals surface area contributed by atoms with E-state index in [1.165, 1.54) is 12.1 Å². The number of halogens is 1. The van der Waals surface area contributed by atoms with E-state index in [2.05, 4.69) is 20.6 Å². The summed E-state index contributed by atoms with van der Waals surface area (Å²) in [6.45, 7) is 1.42. The normalized spacial score (nSPS) is 13.2. The maximum atomic E-state index is 12.8. The van der Waals surface area contributed by atoms with Crippen LogP contribution in [0.5, 0.6) is 5.88 Å². The van der Waals surface area contributed by atoms with Crippen LogP contribution in [-0.2, 0) is 13.1 Å². The van der Waals surface area contributed by atoms with E-state index in [9.17, 15) is 4.39 Å². The smallest absolute Gasteiger partial charge is 0.230 e. The first-order valence-electron chi connectivity index (χ1n) is 5.93. The zero-order valence-electron chi connectivity index (χ0n) is 10.4. The van der Waals surface area contributed by atoms with Crippen molar-refractivity contribution in [3.63, 3.8) is 0 Å². The maximum Gasteiger partial charge on any atom is 0.230 e. The van der Waals surface area contributed by atoms with Gasteiger partial charge in [-0.05, 0) is 24.3 Å². The first-order chi connectivity index (χ1) is 9.26. The van der Waals surface area contributed by atoms with Gasteiger partial charge < -0.3 is 15.4 Å². The lowest BCUT2D eigenvalue weighted by Gasteiger charge is -2.09. The fraction of sp³-hybridized carbons (Fsp3) is 0.231. The molecule has 6 heteroatoms. The number of methoxy groups -OCH3 is 1. The van der Waals surface area contributed by atoms with E-state index >= 15 is 0 Å². The highest BCUT2D eigenvalue weighted by Gasteiger charge is 2.19. The lowest BCUT2D eigenvalue weighted by molar-refractivity contribution is 0.392. The van der Waals surface area contributed by atoms with Gasteiger partial charge in [0.1, 0.15) is 5.82 Å². The van der Waals surface area contributed by atoms with Crippen LogP contribution < -0.4 is 15.4 Å². The van der Waals surface area contributed by atoms with Crippen molar-refractivity contribution in [3.8, 4) is 5.88 Å². The summed E-state index contributed by atoms with van der Waals surface area (Å²) < 4.78 is 18.1. The van der Waals surface area contributed by atoms with Gasteiger partial charge >= 0.3 is 0 Å². The molecule has 1 aromatic heterocycles. The predicted octanol–water partition coefficient (Wildman–Crippen LogP) is 1.97. The monoisotopic (exact) mass is 260 g/mol. The summed E-state index contributed by atoms with van der Waals surface area (Å²) in [5, 5.41) is 6.24. The van der Waals surface area contributed by atoms with Crippen LogP contribution >= 0.6 is 0 Å². The topological polar surface area (TPSA) is 59.1 Å². The molecule has 0 bridgehead atoms. The van der Waals surface area contributed by atoms with Crippen LogP contribution in [-0.4, -0.2) is 17.1 Å². The summed E-state index contributed by atoms with van der Waals surface area (Å²) in [6, 6.07) is 6.04. The first kappa shape index (κ1) is 11.9. The Bertz CT molecular complexity index is 600. The molecule has 0 unspecified atom stereocenters. The van der Waals surface area contributed by atoms with Gasteiger partial charge in [0.15, 0.2) is 0 Å². The number of anilines is 2. The SMILES string of the molecule is COc1nc(Nc2ccc(F)cc2)nc2c1CNC2. The lowest BCUT2D eigenvalue weighted by atomic mass is 10.2. The molecule has 0 atom stereocenters. The third kappa shape index (κ3) is 2.34. The molecule has 98 valence electrons. The Morgan fingerprint density at radius 2 is 2.00 bits per heavy atom. The molecule has 0 fully saturated rings. The molecular weight excluding hydrogens is 247 g/mol. The molecule has 1 aromatic carbocycles. The first-order valence-corrected chi connectivity index (χ1v) is 5.93. The average Bonchev–Trinajstić information content (AvgIpc) is 2.89. The zero-order chi connectivity index (χ0) is 13.2. The predicted molar refractivity (Wildman–Crippen MR) is 68.8 cm³/mol. The van der Waals surface area contributed by atoms with Crippen LogP contribution in [0.15, 0.2) is 24.3 Å². The molecule has 0 spiro atoms. The number of benzene rings is 1. The van der Waals surface area contributed by atoms with E-state index < -0.39 is 0 Å².